The molecular weight excluding hydrogens is 517 g/mol. The summed E-state index contributed by atoms with van der Waals surface area (Å²) in [6.45, 7) is 1.47. The van der Waals surface area contributed by atoms with E-state index in [-0.39, 0.29) is 5.75 Å². The van der Waals surface area contributed by atoms with E-state index in [1.807, 2.05) is 48.9 Å². The van der Waals surface area contributed by atoms with Crippen LogP contribution >= 0.6 is 0 Å². The standard InChI is InChI=1S/C32H24FN7O/c33-24-9-21(10-25(41)12-24)26-6-7-36-31-27(26)13-29(38-31)30-28-11-23(18-37-32(28)40-39-30)22-8-20(16-35-17-22)15-34-14-19-4-2-1-3-5-19/h1-13,16-18,34,41H,14-15H2,(H,36,38)(H,37,39,40). The quantitative estimate of drug-likeness (QED) is 0.187. The van der Waals surface area contributed by atoms with Crippen LogP contribution in [0.5, 0.6) is 5.75 Å². The minimum absolute atomic E-state index is 0.136. The largest absolute Gasteiger partial charge is 0.508 e. The van der Waals surface area contributed by atoms with Crippen LogP contribution in [0.15, 0.2) is 97.6 Å². The Kier molecular flexibility index (Phi) is 6.18. The fraction of sp³-hybridized carbons (Fsp3) is 0.0625. The number of aromatic nitrogens is 6. The highest BCUT2D eigenvalue weighted by atomic mass is 19.1. The number of phenols is 1. The molecule has 4 N–H and O–H groups in total. The number of phenolic OH excluding ortho intramolecular Hbond substituents is 1. The zero-order valence-corrected chi connectivity index (χ0v) is 21.8. The molecule has 7 aromatic rings. The molecule has 5 aromatic heterocycles. The lowest BCUT2D eigenvalue weighted by Crippen LogP contribution is -2.12. The van der Waals surface area contributed by atoms with E-state index >= 15 is 0 Å². The van der Waals surface area contributed by atoms with Crippen LogP contribution in [0.3, 0.4) is 0 Å². The maximum Gasteiger partial charge on any atom is 0.155 e. The first-order valence-electron chi connectivity index (χ1n) is 13.1. The van der Waals surface area contributed by atoms with Crippen molar-refractivity contribution >= 4 is 22.1 Å². The molecule has 0 radical (unpaired) electrons. The van der Waals surface area contributed by atoms with E-state index < -0.39 is 5.82 Å². The molecule has 0 saturated carbocycles. The summed E-state index contributed by atoms with van der Waals surface area (Å²) in [5, 5.41) is 22.6. The molecule has 0 bridgehead atoms. The average molecular weight is 542 g/mol. The molecule has 9 heteroatoms. The normalized spacial score (nSPS) is 11.4. The predicted octanol–water partition coefficient (Wildman–Crippen LogP) is 6.36. The third kappa shape index (κ3) is 4.90. The van der Waals surface area contributed by atoms with Gasteiger partial charge in [0, 0.05) is 65.8 Å². The molecule has 0 fully saturated rings. The van der Waals surface area contributed by atoms with Gasteiger partial charge in [-0.05, 0) is 58.7 Å². The smallest absolute Gasteiger partial charge is 0.155 e. The fourth-order valence-electron chi connectivity index (χ4n) is 5.09. The molecule has 0 aliphatic rings. The predicted molar refractivity (Wildman–Crippen MR) is 156 cm³/mol. The molecule has 0 atom stereocenters. The number of benzene rings is 2. The van der Waals surface area contributed by atoms with E-state index in [0.29, 0.717) is 29.1 Å². The number of hydrogen-bond donors (Lipinski definition) is 4. The zero-order chi connectivity index (χ0) is 27.8. The zero-order valence-electron chi connectivity index (χ0n) is 21.8. The summed E-state index contributed by atoms with van der Waals surface area (Å²) < 4.78 is 14.0. The van der Waals surface area contributed by atoms with Gasteiger partial charge < -0.3 is 15.4 Å². The lowest BCUT2D eigenvalue weighted by Gasteiger charge is -2.07. The maximum absolute atomic E-state index is 14.0. The Morgan fingerprint density at radius 2 is 1.61 bits per heavy atom. The molecule has 8 nitrogen and oxygen atoms in total. The van der Waals surface area contributed by atoms with Gasteiger partial charge in [-0.1, -0.05) is 30.3 Å². The van der Waals surface area contributed by atoms with Crippen molar-refractivity contribution in [2.45, 2.75) is 13.1 Å². The van der Waals surface area contributed by atoms with E-state index in [1.54, 1.807) is 12.3 Å². The summed E-state index contributed by atoms with van der Waals surface area (Å²) in [5.74, 6) is -0.647. The highest BCUT2D eigenvalue weighted by Gasteiger charge is 2.16. The van der Waals surface area contributed by atoms with Gasteiger partial charge in [0.1, 0.15) is 22.9 Å². The molecule has 0 aliphatic heterocycles. The Hall–Kier alpha value is -5.41. The average Bonchev–Trinajstić information content (AvgIpc) is 3.61. The summed E-state index contributed by atoms with van der Waals surface area (Å²) in [5.41, 5.74) is 8.18. The molecule has 0 amide bonds. The van der Waals surface area contributed by atoms with Gasteiger partial charge in [0.05, 0.1) is 5.69 Å². The van der Waals surface area contributed by atoms with Crippen LogP contribution in [-0.2, 0) is 13.1 Å². The first-order chi connectivity index (χ1) is 20.1. The van der Waals surface area contributed by atoms with Gasteiger partial charge in [-0.2, -0.15) is 5.10 Å². The van der Waals surface area contributed by atoms with Gasteiger partial charge in [0.2, 0.25) is 0 Å². The number of hydrogen-bond acceptors (Lipinski definition) is 6. The summed E-state index contributed by atoms with van der Waals surface area (Å²) in [7, 11) is 0. The number of halogens is 1. The molecule has 5 heterocycles. The van der Waals surface area contributed by atoms with E-state index in [2.05, 4.69) is 53.6 Å². The second kappa shape index (κ2) is 10.3. The van der Waals surface area contributed by atoms with Crippen LogP contribution in [0.25, 0.3) is 55.7 Å². The summed E-state index contributed by atoms with van der Waals surface area (Å²) in [6, 6.07) is 22.2. The van der Waals surface area contributed by atoms with E-state index in [1.165, 1.54) is 17.7 Å². The minimum Gasteiger partial charge on any atom is -0.508 e. The van der Waals surface area contributed by atoms with Crippen LogP contribution < -0.4 is 5.32 Å². The summed E-state index contributed by atoms with van der Waals surface area (Å²) in [6.07, 6.45) is 7.15. The molecule has 0 spiro atoms. The van der Waals surface area contributed by atoms with Crippen molar-refractivity contribution in [1.29, 1.82) is 0 Å². The van der Waals surface area contributed by atoms with Crippen molar-refractivity contribution < 1.29 is 9.50 Å². The number of pyridine rings is 3. The second-order valence-electron chi connectivity index (χ2n) is 9.87. The lowest BCUT2D eigenvalue weighted by molar-refractivity contribution is 0.469. The van der Waals surface area contributed by atoms with Crippen LogP contribution in [0.1, 0.15) is 11.1 Å². The summed E-state index contributed by atoms with van der Waals surface area (Å²) in [4.78, 5) is 16.9. The number of rotatable bonds is 7. The van der Waals surface area contributed by atoms with Crippen molar-refractivity contribution in [2.75, 3.05) is 0 Å². The van der Waals surface area contributed by atoms with Gasteiger partial charge in [0.15, 0.2) is 5.65 Å². The Morgan fingerprint density at radius 1 is 0.756 bits per heavy atom. The van der Waals surface area contributed by atoms with Gasteiger partial charge in [-0.3, -0.25) is 10.1 Å². The number of aromatic amines is 2. The van der Waals surface area contributed by atoms with Crippen LogP contribution in [0.2, 0.25) is 0 Å². The highest BCUT2D eigenvalue weighted by molar-refractivity contribution is 5.99. The molecule has 0 unspecified atom stereocenters. The van der Waals surface area contributed by atoms with Gasteiger partial charge in [-0.15, -0.1) is 0 Å². The van der Waals surface area contributed by atoms with E-state index in [4.69, 9.17) is 0 Å². The van der Waals surface area contributed by atoms with Crippen molar-refractivity contribution in [3.05, 3.63) is 115 Å². The fourth-order valence-corrected chi connectivity index (χ4v) is 5.09. The number of H-pyrrole nitrogens is 2. The monoisotopic (exact) mass is 541 g/mol. The molecule has 2 aromatic carbocycles. The minimum atomic E-state index is -0.511. The Morgan fingerprint density at radius 3 is 2.49 bits per heavy atom. The lowest BCUT2D eigenvalue weighted by atomic mass is 10.0. The van der Waals surface area contributed by atoms with E-state index in [9.17, 15) is 9.50 Å². The summed E-state index contributed by atoms with van der Waals surface area (Å²) >= 11 is 0. The number of nitrogens with zero attached hydrogens (tertiary/aromatic N) is 4. The van der Waals surface area contributed by atoms with Crippen molar-refractivity contribution in [2.24, 2.45) is 0 Å². The number of fused-ring (bicyclic) bond motifs is 2. The molecular formula is C32H24FN7O. The van der Waals surface area contributed by atoms with Crippen LogP contribution in [0, 0.1) is 5.82 Å². The third-order valence-electron chi connectivity index (χ3n) is 7.03. The first kappa shape index (κ1) is 24.6. The van der Waals surface area contributed by atoms with Crippen molar-refractivity contribution in [1.82, 2.24) is 35.5 Å². The van der Waals surface area contributed by atoms with Gasteiger partial charge >= 0.3 is 0 Å². The van der Waals surface area contributed by atoms with Gasteiger partial charge in [-0.25, -0.2) is 14.4 Å². The number of nitrogens with one attached hydrogen (secondary N) is 3. The Labute approximate surface area is 234 Å². The molecule has 0 saturated heterocycles. The third-order valence-corrected chi connectivity index (χ3v) is 7.03. The molecule has 200 valence electrons. The highest BCUT2D eigenvalue weighted by Crippen LogP contribution is 2.35. The van der Waals surface area contributed by atoms with Gasteiger partial charge in [0.25, 0.3) is 0 Å². The second-order valence-corrected chi connectivity index (χ2v) is 9.87. The van der Waals surface area contributed by atoms with Crippen LogP contribution in [0.4, 0.5) is 4.39 Å². The Balaban J connectivity index is 1.21. The Bertz CT molecular complexity index is 2000. The number of aromatic hydroxyl groups is 1. The van der Waals surface area contributed by atoms with Crippen molar-refractivity contribution in [3.8, 4) is 39.4 Å². The molecule has 0 aliphatic carbocycles. The van der Waals surface area contributed by atoms with Crippen molar-refractivity contribution in [3.63, 3.8) is 0 Å². The molecule has 41 heavy (non-hydrogen) atoms. The first-order valence-corrected chi connectivity index (χ1v) is 13.1. The van der Waals surface area contributed by atoms with Crippen LogP contribution in [-0.4, -0.2) is 35.2 Å². The SMILES string of the molecule is Oc1cc(F)cc(-c2ccnc3[nH]c(-c4n[nH]c5ncc(-c6cncc(CNCc7ccccc7)c6)cc45)cc23)c1. The maximum atomic E-state index is 14.0. The topological polar surface area (TPSA) is 115 Å². The molecule has 7 rings (SSSR count). The van der Waals surface area contributed by atoms with E-state index in [0.717, 1.165) is 51.3 Å².